The summed E-state index contributed by atoms with van der Waals surface area (Å²) in [7, 11) is 0. The standard InChI is InChI=1S/C16H16N4O/c1-10(2)19-16(21)20-13-9-11-5-3-7-17-14(11)12-6-4-8-18-15(12)13/h3-10H,1-2H3,(H2,19,20,21). The van der Waals surface area contributed by atoms with Crippen LogP contribution in [0.1, 0.15) is 13.8 Å². The molecule has 0 aliphatic carbocycles. The van der Waals surface area contributed by atoms with Crippen LogP contribution in [0.15, 0.2) is 42.7 Å². The van der Waals surface area contributed by atoms with Gasteiger partial charge in [-0.3, -0.25) is 9.97 Å². The minimum Gasteiger partial charge on any atom is -0.336 e. The van der Waals surface area contributed by atoms with Crippen LogP contribution in [0.5, 0.6) is 0 Å². The summed E-state index contributed by atoms with van der Waals surface area (Å²) in [6.45, 7) is 3.83. The molecule has 0 radical (unpaired) electrons. The summed E-state index contributed by atoms with van der Waals surface area (Å²) in [5.74, 6) is 0. The maximum atomic E-state index is 11.9. The molecule has 0 aliphatic rings. The van der Waals surface area contributed by atoms with Crippen molar-refractivity contribution in [2.45, 2.75) is 19.9 Å². The maximum Gasteiger partial charge on any atom is 0.319 e. The predicted octanol–water partition coefficient (Wildman–Crippen LogP) is 3.31. The Morgan fingerprint density at radius 1 is 1.10 bits per heavy atom. The van der Waals surface area contributed by atoms with Gasteiger partial charge in [0.15, 0.2) is 0 Å². The molecule has 0 fully saturated rings. The Kier molecular flexibility index (Phi) is 3.39. The lowest BCUT2D eigenvalue weighted by Gasteiger charge is -2.12. The Morgan fingerprint density at radius 3 is 2.57 bits per heavy atom. The largest absolute Gasteiger partial charge is 0.336 e. The fourth-order valence-corrected chi connectivity index (χ4v) is 2.31. The minimum absolute atomic E-state index is 0.0753. The van der Waals surface area contributed by atoms with Crippen molar-refractivity contribution in [2.75, 3.05) is 5.32 Å². The van der Waals surface area contributed by atoms with Gasteiger partial charge >= 0.3 is 6.03 Å². The van der Waals surface area contributed by atoms with Crippen molar-refractivity contribution < 1.29 is 4.79 Å². The van der Waals surface area contributed by atoms with Gasteiger partial charge in [0.2, 0.25) is 0 Å². The first-order valence-electron chi connectivity index (χ1n) is 6.85. The number of nitrogens with zero attached hydrogens (tertiary/aromatic N) is 2. The van der Waals surface area contributed by atoms with Gasteiger partial charge < -0.3 is 10.6 Å². The second-order valence-electron chi connectivity index (χ2n) is 5.15. The first-order chi connectivity index (χ1) is 10.1. The molecule has 0 spiro atoms. The van der Waals surface area contributed by atoms with Crippen molar-refractivity contribution in [3.8, 4) is 0 Å². The Bertz CT molecular complexity index is 814. The van der Waals surface area contributed by atoms with Crippen molar-refractivity contribution in [1.29, 1.82) is 0 Å². The van der Waals surface area contributed by atoms with E-state index >= 15 is 0 Å². The molecule has 3 rings (SSSR count). The summed E-state index contributed by atoms with van der Waals surface area (Å²) in [5, 5.41) is 7.58. The van der Waals surface area contributed by atoms with E-state index < -0.39 is 0 Å². The predicted molar refractivity (Wildman–Crippen MR) is 84.3 cm³/mol. The molecule has 0 saturated carbocycles. The molecule has 0 saturated heterocycles. The number of hydrogen-bond donors (Lipinski definition) is 2. The van der Waals surface area contributed by atoms with Crippen molar-refractivity contribution in [3.63, 3.8) is 0 Å². The van der Waals surface area contributed by atoms with Crippen molar-refractivity contribution in [2.24, 2.45) is 0 Å². The van der Waals surface area contributed by atoms with Gasteiger partial charge in [-0.15, -0.1) is 0 Å². The molecule has 5 heteroatoms. The summed E-state index contributed by atoms with van der Waals surface area (Å²) in [5.41, 5.74) is 2.31. The number of amides is 2. The van der Waals surface area contributed by atoms with Crippen LogP contribution >= 0.6 is 0 Å². The molecule has 3 aromatic rings. The number of anilines is 1. The Labute approximate surface area is 122 Å². The van der Waals surface area contributed by atoms with E-state index in [0.29, 0.717) is 5.69 Å². The maximum absolute atomic E-state index is 11.9. The molecule has 106 valence electrons. The normalized spacial score (nSPS) is 11.0. The molecular weight excluding hydrogens is 264 g/mol. The molecule has 0 aliphatic heterocycles. The second kappa shape index (κ2) is 5.36. The summed E-state index contributed by atoms with van der Waals surface area (Å²) in [6, 6.07) is 9.42. The fraction of sp³-hybridized carbons (Fsp3) is 0.188. The first kappa shape index (κ1) is 13.3. The zero-order valence-electron chi connectivity index (χ0n) is 11.9. The zero-order valence-corrected chi connectivity index (χ0v) is 11.9. The average molecular weight is 280 g/mol. The van der Waals surface area contributed by atoms with Crippen LogP contribution in [0.2, 0.25) is 0 Å². The van der Waals surface area contributed by atoms with Crippen LogP contribution < -0.4 is 10.6 Å². The lowest BCUT2D eigenvalue weighted by molar-refractivity contribution is 0.250. The molecule has 2 amide bonds. The zero-order chi connectivity index (χ0) is 14.8. The molecule has 2 heterocycles. The topological polar surface area (TPSA) is 66.9 Å². The highest BCUT2D eigenvalue weighted by molar-refractivity contribution is 6.11. The fourth-order valence-electron chi connectivity index (χ4n) is 2.31. The van der Waals surface area contributed by atoms with Gasteiger partial charge in [0.05, 0.1) is 16.7 Å². The summed E-state index contributed by atoms with van der Waals surface area (Å²) < 4.78 is 0. The number of fused-ring (bicyclic) bond motifs is 3. The molecule has 5 nitrogen and oxygen atoms in total. The van der Waals surface area contributed by atoms with Gasteiger partial charge in [-0.1, -0.05) is 6.07 Å². The number of carbonyl (C=O) groups excluding carboxylic acids is 1. The summed E-state index contributed by atoms with van der Waals surface area (Å²) in [6.07, 6.45) is 3.47. The number of hydrogen-bond acceptors (Lipinski definition) is 3. The van der Waals surface area contributed by atoms with E-state index in [-0.39, 0.29) is 12.1 Å². The monoisotopic (exact) mass is 280 g/mol. The third-order valence-corrected chi connectivity index (χ3v) is 3.12. The average Bonchev–Trinajstić information content (AvgIpc) is 2.46. The molecule has 2 aromatic heterocycles. The van der Waals surface area contributed by atoms with Crippen molar-refractivity contribution in [3.05, 3.63) is 42.7 Å². The number of aromatic nitrogens is 2. The third-order valence-electron chi connectivity index (χ3n) is 3.12. The summed E-state index contributed by atoms with van der Waals surface area (Å²) >= 11 is 0. The molecule has 1 aromatic carbocycles. The van der Waals surface area contributed by atoms with E-state index in [1.807, 2.05) is 44.2 Å². The Balaban J connectivity index is 2.14. The molecule has 0 unspecified atom stereocenters. The highest BCUT2D eigenvalue weighted by Crippen LogP contribution is 2.28. The van der Waals surface area contributed by atoms with E-state index in [1.165, 1.54) is 0 Å². The number of pyridine rings is 2. The van der Waals surface area contributed by atoms with E-state index in [2.05, 4.69) is 20.6 Å². The lowest BCUT2D eigenvalue weighted by atomic mass is 10.1. The lowest BCUT2D eigenvalue weighted by Crippen LogP contribution is -2.34. The van der Waals surface area contributed by atoms with Gasteiger partial charge in [-0.05, 0) is 38.1 Å². The van der Waals surface area contributed by atoms with E-state index in [1.54, 1.807) is 12.4 Å². The molecular formula is C16H16N4O. The van der Waals surface area contributed by atoms with Crippen LogP contribution in [-0.4, -0.2) is 22.0 Å². The van der Waals surface area contributed by atoms with Crippen LogP contribution in [0.4, 0.5) is 10.5 Å². The van der Waals surface area contributed by atoms with E-state index in [4.69, 9.17) is 0 Å². The van der Waals surface area contributed by atoms with Gasteiger partial charge in [-0.25, -0.2) is 4.79 Å². The van der Waals surface area contributed by atoms with Crippen LogP contribution in [0.3, 0.4) is 0 Å². The van der Waals surface area contributed by atoms with Gasteiger partial charge in [0.1, 0.15) is 0 Å². The molecule has 2 N–H and O–H groups in total. The number of carbonyl (C=O) groups is 1. The number of nitrogens with one attached hydrogen (secondary N) is 2. The Morgan fingerprint density at radius 2 is 1.81 bits per heavy atom. The summed E-state index contributed by atoms with van der Waals surface area (Å²) in [4.78, 5) is 20.7. The SMILES string of the molecule is CC(C)NC(=O)Nc1cc2cccnc2c2cccnc12. The first-order valence-corrected chi connectivity index (χ1v) is 6.85. The number of rotatable bonds is 2. The van der Waals surface area contributed by atoms with E-state index in [9.17, 15) is 4.79 Å². The van der Waals surface area contributed by atoms with Gasteiger partial charge in [0.25, 0.3) is 0 Å². The quantitative estimate of drug-likeness (QED) is 0.708. The minimum atomic E-state index is -0.236. The van der Waals surface area contributed by atoms with Gasteiger partial charge in [-0.2, -0.15) is 0 Å². The van der Waals surface area contributed by atoms with Crippen LogP contribution in [0, 0.1) is 0 Å². The number of urea groups is 1. The van der Waals surface area contributed by atoms with Crippen molar-refractivity contribution in [1.82, 2.24) is 15.3 Å². The van der Waals surface area contributed by atoms with Crippen molar-refractivity contribution >= 4 is 33.5 Å². The second-order valence-corrected chi connectivity index (χ2v) is 5.15. The van der Waals surface area contributed by atoms with Gasteiger partial charge in [0, 0.05) is 29.2 Å². The third kappa shape index (κ3) is 2.63. The smallest absolute Gasteiger partial charge is 0.319 e. The van der Waals surface area contributed by atoms with Crippen LogP contribution in [0.25, 0.3) is 21.8 Å². The molecule has 21 heavy (non-hydrogen) atoms. The van der Waals surface area contributed by atoms with E-state index in [0.717, 1.165) is 21.8 Å². The van der Waals surface area contributed by atoms with Crippen LogP contribution in [-0.2, 0) is 0 Å². The Hall–Kier alpha value is -2.69. The highest BCUT2D eigenvalue weighted by atomic mass is 16.2. The molecule has 0 atom stereocenters. The highest BCUT2D eigenvalue weighted by Gasteiger charge is 2.11. The number of benzene rings is 1. The molecule has 0 bridgehead atoms.